The molecule has 2 N–H and O–H groups in total. The van der Waals surface area contributed by atoms with Crippen molar-refractivity contribution in [3.8, 4) is 0 Å². The Balaban J connectivity index is 1.69. The van der Waals surface area contributed by atoms with E-state index in [1.165, 1.54) is 40.0 Å². The normalized spacial score (nSPS) is 17.3. The van der Waals surface area contributed by atoms with E-state index in [-0.39, 0.29) is 4.90 Å². The summed E-state index contributed by atoms with van der Waals surface area (Å²) in [4.78, 5) is 16.1. The van der Waals surface area contributed by atoms with Gasteiger partial charge in [0.15, 0.2) is 0 Å². The van der Waals surface area contributed by atoms with Gasteiger partial charge in [-0.3, -0.25) is 10.2 Å². The Kier molecular flexibility index (Phi) is 4.96. The summed E-state index contributed by atoms with van der Waals surface area (Å²) in [7, 11) is -3.86. The van der Waals surface area contributed by atoms with Crippen LogP contribution in [0.5, 0.6) is 0 Å². The van der Waals surface area contributed by atoms with Crippen molar-refractivity contribution >= 4 is 38.9 Å². The molecule has 3 rings (SSSR count). The number of carbonyl (C=O) groups excluding carboxylic acids is 1. The predicted molar refractivity (Wildman–Crippen MR) is 94.7 cm³/mol. The number of nitrogens with one attached hydrogen (secondary N) is 2. The topological polar surface area (TPSA) is 75.3 Å². The lowest BCUT2D eigenvalue weighted by molar-refractivity contribution is 0.0949. The van der Waals surface area contributed by atoms with Gasteiger partial charge in [0, 0.05) is 9.90 Å². The highest BCUT2D eigenvalue weighted by Crippen LogP contribution is 2.32. The molecule has 1 aromatic heterocycles. The van der Waals surface area contributed by atoms with Crippen LogP contribution in [0.4, 0.5) is 0 Å². The molecule has 1 aliphatic rings. The van der Waals surface area contributed by atoms with Crippen molar-refractivity contribution in [1.82, 2.24) is 10.3 Å². The lowest BCUT2D eigenvalue weighted by Crippen LogP contribution is -2.41. The Morgan fingerprint density at radius 1 is 1.33 bits per heavy atom. The maximum atomic E-state index is 12.2. The van der Waals surface area contributed by atoms with Crippen molar-refractivity contribution in [1.29, 1.82) is 0 Å². The molecule has 0 fully saturated rings. The lowest BCUT2D eigenvalue weighted by atomic mass is 9.90. The number of fused-ring (bicyclic) bond motifs is 1. The number of aryl methyl sites for hydroxylation is 1. The molecule has 128 valence electrons. The molecule has 1 aromatic carbocycles. The molecule has 0 saturated carbocycles. The number of hydrogen-bond donors (Lipinski definition) is 2. The molecule has 8 heteroatoms. The van der Waals surface area contributed by atoms with Gasteiger partial charge in [0.25, 0.3) is 15.9 Å². The van der Waals surface area contributed by atoms with Gasteiger partial charge >= 0.3 is 0 Å². The predicted octanol–water partition coefficient (Wildman–Crippen LogP) is 3.15. The van der Waals surface area contributed by atoms with Gasteiger partial charge in [-0.2, -0.15) is 0 Å². The summed E-state index contributed by atoms with van der Waals surface area (Å²) in [6.45, 7) is 2.19. The second-order valence-corrected chi connectivity index (χ2v) is 9.18. The standard InChI is InChI=1S/C16H17ClN2O3S2/c1-10-5-6-14-11(7-10)8-15(23-14)16(20)18-19-24(21,22)13-4-2-3-12(17)9-13/h2-4,8-10,19H,5-7H2,1H3,(H,18,20)/t10-/m1/s1. The second-order valence-electron chi connectivity index (χ2n) is 5.92. The van der Waals surface area contributed by atoms with E-state index in [4.69, 9.17) is 11.6 Å². The average molecular weight is 385 g/mol. The van der Waals surface area contributed by atoms with Crippen molar-refractivity contribution in [3.05, 3.63) is 50.7 Å². The SMILES string of the molecule is C[C@@H]1CCc2sc(C(=O)NNS(=O)(=O)c3cccc(Cl)c3)cc2C1. The molecule has 0 saturated heterocycles. The van der Waals surface area contributed by atoms with Gasteiger partial charge in [-0.25, -0.2) is 8.42 Å². The fourth-order valence-electron chi connectivity index (χ4n) is 2.69. The summed E-state index contributed by atoms with van der Waals surface area (Å²) < 4.78 is 24.4. The summed E-state index contributed by atoms with van der Waals surface area (Å²) in [6, 6.07) is 7.70. The van der Waals surface area contributed by atoms with Crippen molar-refractivity contribution < 1.29 is 13.2 Å². The van der Waals surface area contributed by atoms with Crippen LogP contribution in [-0.2, 0) is 22.9 Å². The molecule has 1 aliphatic carbocycles. The fourth-order valence-corrected chi connectivity index (χ4v) is 4.93. The van der Waals surface area contributed by atoms with Crippen molar-refractivity contribution in [2.75, 3.05) is 0 Å². The van der Waals surface area contributed by atoms with Crippen LogP contribution in [0, 0.1) is 5.92 Å². The minimum absolute atomic E-state index is 0.00500. The maximum absolute atomic E-state index is 12.2. The number of hydrazine groups is 1. The van der Waals surface area contributed by atoms with E-state index in [1.807, 2.05) is 6.07 Å². The van der Waals surface area contributed by atoms with Crippen molar-refractivity contribution in [3.63, 3.8) is 0 Å². The van der Waals surface area contributed by atoms with E-state index >= 15 is 0 Å². The van der Waals surface area contributed by atoms with E-state index < -0.39 is 15.9 Å². The molecule has 1 amide bonds. The third-order valence-corrected chi connectivity index (χ3v) is 6.67. The zero-order valence-corrected chi connectivity index (χ0v) is 15.4. The first-order valence-electron chi connectivity index (χ1n) is 7.54. The van der Waals surface area contributed by atoms with Crippen LogP contribution in [0.25, 0.3) is 0 Å². The summed E-state index contributed by atoms with van der Waals surface area (Å²) in [5, 5.41) is 0.309. The number of carbonyl (C=O) groups is 1. The average Bonchev–Trinajstić information content (AvgIpc) is 2.96. The molecule has 2 aromatic rings. The highest BCUT2D eigenvalue weighted by Gasteiger charge is 2.22. The molecule has 0 aliphatic heterocycles. The first kappa shape index (κ1) is 17.4. The molecule has 0 spiro atoms. The van der Waals surface area contributed by atoms with E-state index in [1.54, 1.807) is 6.07 Å². The summed E-state index contributed by atoms with van der Waals surface area (Å²) in [5.74, 6) is 0.164. The van der Waals surface area contributed by atoms with Crippen molar-refractivity contribution in [2.45, 2.75) is 31.1 Å². The van der Waals surface area contributed by atoms with Crippen LogP contribution in [-0.4, -0.2) is 14.3 Å². The van der Waals surface area contributed by atoms with Gasteiger partial charge in [0.1, 0.15) is 0 Å². The monoisotopic (exact) mass is 384 g/mol. The van der Waals surface area contributed by atoms with Crippen molar-refractivity contribution in [2.24, 2.45) is 5.92 Å². The number of rotatable bonds is 4. The minimum atomic E-state index is -3.86. The first-order chi connectivity index (χ1) is 11.3. The highest BCUT2D eigenvalue weighted by molar-refractivity contribution is 7.89. The third kappa shape index (κ3) is 3.80. The highest BCUT2D eigenvalue weighted by atomic mass is 35.5. The molecule has 0 radical (unpaired) electrons. The van der Waals surface area contributed by atoms with Gasteiger partial charge < -0.3 is 0 Å². The van der Waals surface area contributed by atoms with E-state index in [0.717, 1.165) is 19.3 Å². The van der Waals surface area contributed by atoms with Crippen LogP contribution in [0.1, 0.15) is 33.5 Å². The van der Waals surface area contributed by atoms with Crippen LogP contribution in [0.2, 0.25) is 5.02 Å². The molecule has 0 bridgehead atoms. The lowest BCUT2D eigenvalue weighted by Gasteiger charge is -2.16. The van der Waals surface area contributed by atoms with E-state index in [2.05, 4.69) is 17.2 Å². The molecule has 0 unspecified atom stereocenters. The van der Waals surface area contributed by atoms with Gasteiger partial charge in [-0.1, -0.05) is 24.6 Å². The number of amides is 1. The fraction of sp³-hybridized carbons (Fsp3) is 0.312. The Bertz CT molecular complexity index is 877. The number of halogens is 1. The molecule has 1 atom stereocenters. The van der Waals surface area contributed by atoms with Gasteiger partial charge in [-0.05, 0) is 55.0 Å². The third-order valence-electron chi connectivity index (χ3n) is 3.96. The van der Waals surface area contributed by atoms with Gasteiger partial charge in [-0.15, -0.1) is 16.2 Å². The maximum Gasteiger partial charge on any atom is 0.276 e. The molecular weight excluding hydrogens is 368 g/mol. The van der Waals surface area contributed by atoms with Gasteiger partial charge in [0.2, 0.25) is 0 Å². The summed E-state index contributed by atoms with van der Waals surface area (Å²) in [5.41, 5.74) is 3.46. The van der Waals surface area contributed by atoms with Crippen LogP contribution >= 0.6 is 22.9 Å². The Hall–Kier alpha value is -1.41. The zero-order valence-electron chi connectivity index (χ0n) is 13.0. The molecular formula is C16H17ClN2O3S2. The number of benzene rings is 1. The Labute approximate surface area is 150 Å². The van der Waals surface area contributed by atoms with Crippen LogP contribution < -0.4 is 10.3 Å². The second kappa shape index (κ2) is 6.84. The number of hydrogen-bond acceptors (Lipinski definition) is 4. The number of thiophene rings is 1. The van der Waals surface area contributed by atoms with E-state index in [0.29, 0.717) is 15.8 Å². The molecule has 1 heterocycles. The quantitative estimate of drug-likeness (QED) is 0.795. The zero-order chi connectivity index (χ0) is 17.3. The molecule has 24 heavy (non-hydrogen) atoms. The summed E-state index contributed by atoms with van der Waals surface area (Å²) >= 11 is 7.23. The smallest absolute Gasteiger partial charge is 0.273 e. The number of sulfonamides is 1. The summed E-state index contributed by atoms with van der Waals surface area (Å²) in [6.07, 6.45) is 3.06. The van der Waals surface area contributed by atoms with Gasteiger partial charge in [0.05, 0.1) is 9.77 Å². The first-order valence-corrected chi connectivity index (χ1v) is 10.2. The Morgan fingerprint density at radius 2 is 2.12 bits per heavy atom. The molecule has 5 nitrogen and oxygen atoms in total. The van der Waals surface area contributed by atoms with Crippen LogP contribution in [0.15, 0.2) is 35.2 Å². The largest absolute Gasteiger partial charge is 0.276 e. The van der Waals surface area contributed by atoms with Crippen LogP contribution in [0.3, 0.4) is 0 Å². The Morgan fingerprint density at radius 3 is 2.88 bits per heavy atom. The minimum Gasteiger partial charge on any atom is -0.273 e. The van der Waals surface area contributed by atoms with E-state index in [9.17, 15) is 13.2 Å².